The lowest BCUT2D eigenvalue weighted by Gasteiger charge is -2.31. The Balaban J connectivity index is 1.27. The van der Waals surface area contributed by atoms with Gasteiger partial charge in [-0.25, -0.2) is 9.18 Å². The van der Waals surface area contributed by atoms with Gasteiger partial charge in [-0.05, 0) is 94.8 Å². The molecule has 0 bridgehead atoms. The molecule has 1 aromatic rings. The van der Waals surface area contributed by atoms with E-state index >= 15 is 0 Å². The molecule has 0 spiro atoms. The van der Waals surface area contributed by atoms with Crippen molar-refractivity contribution in [3.05, 3.63) is 77.1 Å². The van der Waals surface area contributed by atoms with Gasteiger partial charge in [0, 0.05) is 37.3 Å². The first-order valence-corrected chi connectivity index (χ1v) is 12.8. The number of carbonyl (C=O) groups is 1. The molecule has 7 nitrogen and oxygen atoms in total. The molecule has 8 heteroatoms. The van der Waals surface area contributed by atoms with Crippen molar-refractivity contribution >= 4 is 11.7 Å². The highest BCUT2D eigenvalue weighted by Gasteiger charge is 2.30. The number of allylic oxidation sites excluding steroid dienone is 2. The van der Waals surface area contributed by atoms with Crippen LogP contribution in [-0.4, -0.2) is 65.6 Å². The van der Waals surface area contributed by atoms with Gasteiger partial charge >= 0.3 is 6.03 Å². The van der Waals surface area contributed by atoms with Gasteiger partial charge in [0.05, 0.1) is 23.1 Å². The van der Waals surface area contributed by atoms with E-state index in [2.05, 4.69) is 46.2 Å². The van der Waals surface area contributed by atoms with E-state index in [0.717, 1.165) is 48.6 Å². The molecule has 192 valence electrons. The minimum absolute atomic E-state index is 0.0191. The topological polar surface area (TPSA) is 62.9 Å². The molecule has 3 N–H and O–H groups in total. The number of benzene rings is 1. The van der Waals surface area contributed by atoms with Crippen LogP contribution in [0.2, 0.25) is 0 Å². The average molecular weight is 493 g/mol. The van der Waals surface area contributed by atoms with Crippen LogP contribution in [-0.2, 0) is 0 Å². The maximum Gasteiger partial charge on any atom is 0.318 e. The van der Waals surface area contributed by atoms with Crippen LogP contribution in [0.1, 0.15) is 45.1 Å². The molecule has 1 saturated heterocycles. The maximum atomic E-state index is 14.6. The Hall–Kier alpha value is -3.26. The van der Waals surface area contributed by atoms with Crippen molar-refractivity contribution in [3.63, 3.8) is 0 Å². The van der Waals surface area contributed by atoms with E-state index in [9.17, 15) is 9.18 Å². The van der Waals surface area contributed by atoms with Gasteiger partial charge in [0.1, 0.15) is 5.82 Å². The number of carbonyl (C=O) groups excluding carboxylic acids is 1. The van der Waals surface area contributed by atoms with Gasteiger partial charge in [-0.15, -0.1) is 0 Å². The highest BCUT2D eigenvalue weighted by atomic mass is 19.1. The standard InChI is InChI=1S/C28H37FN6O/c1-28(2,3)31-27(36)34-14-10-19(11-15-34)25-17-26-24(30-25)6-5-12-35(26)32-21-7-8-23(29)22(16-21)20-9-13-33(4)18-20/h5-8,10,12,16-17,20,25,30,32H,9,11,13-15,18H2,1-4H3,(H,31,36)/t20?,25-/m1/s1. The minimum Gasteiger partial charge on any atom is -0.373 e. The SMILES string of the molecule is CN1CCC(c2cc(NN3C=CC=C4N[C@@H](C5=CCN(C(=O)NC(C)(C)C)CC5)C=C43)ccc2F)C1. The Morgan fingerprint density at radius 2 is 2.06 bits per heavy atom. The third-order valence-electron chi connectivity index (χ3n) is 7.16. The maximum absolute atomic E-state index is 14.6. The van der Waals surface area contributed by atoms with E-state index in [1.165, 1.54) is 5.57 Å². The Bertz CT molecular complexity index is 1150. The number of rotatable bonds is 4. The molecule has 4 aliphatic rings. The molecule has 1 fully saturated rings. The van der Waals surface area contributed by atoms with Crippen LogP contribution in [0.15, 0.2) is 65.7 Å². The molecular weight excluding hydrogens is 455 g/mol. The Kier molecular flexibility index (Phi) is 6.55. The number of hydrogen-bond acceptors (Lipinski definition) is 5. The molecule has 5 rings (SSSR count). The van der Waals surface area contributed by atoms with Crippen molar-refractivity contribution in [3.8, 4) is 0 Å². The fraction of sp³-hybridized carbons (Fsp3) is 0.464. The lowest BCUT2D eigenvalue weighted by atomic mass is 9.97. The largest absolute Gasteiger partial charge is 0.373 e. The molecule has 1 aromatic carbocycles. The monoisotopic (exact) mass is 492 g/mol. The van der Waals surface area contributed by atoms with Crippen LogP contribution in [0, 0.1) is 5.82 Å². The fourth-order valence-electron chi connectivity index (χ4n) is 5.28. The van der Waals surface area contributed by atoms with E-state index in [4.69, 9.17) is 0 Å². The smallest absolute Gasteiger partial charge is 0.318 e. The first kappa shape index (κ1) is 24.4. The predicted molar refractivity (Wildman–Crippen MR) is 142 cm³/mol. The number of likely N-dealkylation sites (tertiary alicyclic amines) is 1. The summed E-state index contributed by atoms with van der Waals surface area (Å²) in [6.45, 7) is 9.17. The third-order valence-corrected chi connectivity index (χ3v) is 7.16. The highest BCUT2D eigenvalue weighted by Crippen LogP contribution is 2.33. The fourth-order valence-corrected chi connectivity index (χ4v) is 5.28. The molecule has 0 aliphatic carbocycles. The number of likely N-dealkylation sites (N-methyl/N-ethyl adjacent to an activating group) is 1. The van der Waals surface area contributed by atoms with Crippen molar-refractivity contribution < 1.29 is 9.18 Å². The molecule has 0 aromatic heterocycles. The number of urea groups is 1. The summed E-state index contributed by atoms with van der Waals surface area (Å²) in [6, 6.07) is 5.38. The summed E-state index contributed by atoms with van der Waals surface area (Å²) in [5.74, 6) is 0.0935. The van der Waals surface area contributed by atoms with E-state index in [0.29, 0.717) is 13.1 Å². The van der Waals surface area contributed by atoms with Gasteiger partial charge in [0.15, 0.2) is 0 Å². The highest BCUT2D eigenvalue weighted by molar-refractivity contribution is 5.75. The molecule has 2 atom stereocenters. The number of fused-ring (bicyclic) bond motifs is 1. The zero-order valence-corrected chi connectivity index (χ0v) is 21.6. The third kappa shape index (κ3) is 5.28. The van der Waals surface area contributed by atoms with E-state index in [1.807, 2.05) is 49.0 Å². The normalized spacial score (nSPS) is 24.1. The van der Waals surface area contributed by atoms with Gasteiger partial charge < -0.3 is 20.4 Å². The summed E-state index contributed by atoms with van der Waals surface area (Å²) in [7, 11) is 2.09. The number of hydrogen-bond donors (Lipinski definition) is 3. The summed E-state index contributed by atoms with van der Waals surface area (Å²) in [5, 5.41) is 8.65. The van der Waals surface area contributed by atoms with Gasteiger partial charge in [-0.3, -0.25) is 10.4 Å². The van der Waals surface area contributed by atoms with Gasteiger partial charge in [-0.2, -0.15) is 0 Å². The Labute approximate surface area is 213 Å². The first-order chi connectivity index (χ1) is 17.2. The van der Waals surface area contributed by atoms with Crippen molar-refractivity contribution in [2.24, 2.45) is 0 Å². The average Bonchev–Trinajstić information content (AvgIpc) is 3.46. The summed E-state index contributed by atoms with van der Waals surface area (Å²) in [5.41, 5.74) is 8.24. The second-order valence-corrected chi connectivity index (χ2v) is 11.2. The molecule has 4 heterocycles. The number of anilines is 1. The van der Waals surface area contributed by atoms with Gasteiger partial charge in [0.2, 0.25) is 0 Å². The number of hydrazine groups is 1. The van der Waals surface area contributed by atoms with Crippen LogP contribution in [0.25, 0.3) is 0 Å². The molecule has 2 amide bonds. The zero-order valence-electron chi connectivity index (χ0n) is 21.6. The van der Waals surface area contributed by atoms with Crippen molar-refractivity contribution in [1.29, 1.82) is 0 Å². The summed E-state index contributed by atoms with van der Waals surface area (Å²) >= 11 is 0. The van der Waals surface area contributed by atoms with Crippen molar-refractivity contribution in [1.82, 2.24) is 25.4 Å². The number of nitrogens with zero attached hydrogens (tertiary/aromatic N) is 3. The Morgan fingerprint density at radius 3 is 2.75 bits per heavy atom. The van der Waals surface area contributed by atoms with Crippen molar-refractivity contribution in [2.45, 2.75) is 51.1 Å². The lowest BCUT2D eigenvalue weighted by molar-refractivity contribution is 0.192. The quantitative estimate of drug-likeness (QED) is 0.548. The number of amides is 2. The Morgan fingerprint density at radius 1 is 1.22 bits per heavy atom. The van der Waals surface area contributed by atoms with Gasteiger partial charge in [0.25, 0.3) is 0 Å². The lowest BCUT2D eigenvalue weighted by Crippen LogP contribution is -2.50. The summed E-state index contributed by atoms with van der Waals surface area (Å²) in [4.78, 5) is 16.6. The molecule has 1 unspecified atom stereocenters. The molecule has 0 radical (unpaired) electrons. The molecule has 36 heavy (non-hydrogen) atoms. The van der Waals surface area contributed by atoms with Crippen LogP contribution in [0.5, 0.6) is 0 Å². The van der Waals surface area contributed by atoms with Crippen LogP contribution in [0.3, 0.4) is 0 Å². The van der Waals surface area contributed by atoms with E-state index < -0.39 is 0 Å². The minimum atomic E-state index is -0.247. The summed E-state index contributed by atoms with van der Waals surface area (Å²) in [6.07, 6.45) is 12.2. The second-order valence-electron chi connectivity index (χ2n) is 11.2. The zero-order chi connectivity index (χ0) is 25.4. The molecule has 4 aliphatic heterocycles. The molecular formula is C28H37FN6O. The predicted octanol–water partition coefficient (Wildman–Crippen LogP) is 4.28. The van der Waals surface area contributed by atoms with E-state index in [1.54, 1.807) is 12.1 Å². The molecule has 0 saturated carbocycles. The summed E-state index contributed by atoms with van der Waals surface area (Å²) < 4.78 is 14.6. The number of halogens is 1. The van der Waals surface area contributed by atoms with Gasteiger partial charge in [-0.1, -0.05) is 6.08 Å². The van der Waals surface area contributed by atoms with Crippen LogP contribution in [0.4, 0.5) is 14.9 Å². The van der Waals surface area contributed by atoms with Crippen LogP contribution < -0.4 is 16.1 Å². The first-order valence-electron chi connectivity index (χ1n) is 12.8. The van der Waals surface area contributed by atoms with E-state index in [-0.39, 0.29) is 29.3 Å². The van der Waals surface area contributed by atoms with Crippen molar-refractivity contribution in [2.75, 3.05) is 38.7 Å². The second kappa shape index (κ2) is 9.65. The van der Waals surface area contributed by atoms with Crippen LogP contribution >= 0.6 is 0 Å². The number of nitrogens with one attached hydrogen (secondary N) is 3.